The molecule has 2 rings (SSSR count). The van der Waals surface area contributed by atoms with E-state index in [-0.39, 0.29) is 0 Å². The molecule has 0 bridgehead atoms. The Morgan fingerprint density at radius 2 is 1.93 bits per heavy atom. The standard InChI is InChI=1S/C20H23ClN4O2S/c1-20(2,3)27-19(26)24-17-11-7-10-16(21)15(17)12-23-25-18(22)28-13-14-8-5-4-6-9-14/h4-12H,13H2,1-3H3,(H2,22,25)(H,24,26). The lowest BCUT2D eigenvalue weighted by molar-refractivity contribution is 0.0636. The van der Waals surface area contributed by atoms with Crippen molar-refractivity contribution in [2.24, 2.45) is 15.9 Å². The normalized spacial score (nSPS) is 12.2. The van der Waals surface area contributed by atoms with Crippen molar-refractivity contribution in [2.45, 2.75) is 32.1 Å². The van der Waals surface area contributed by atoms with E-state index in [1.54, 1.807) is 39.0 Å². The Morgan fingerprint density at radius 3 is 2.61 bits per heavy atom. The number of nitrogens with one attached hydrogen (secondary N) is 1. The number of thioether (sulfide) groups is 1. The topological polar surface area (TPSA) is 89.1 Å². The van der Waals surface area contributed by atoms with Gasteiger partial charge < -0.3 is 10.5 Å². The van der Waals surface area contributed by atoms with E-state index < -0.39 is 11.7 Å². The maximum Gasteiger partial charge on any atom is 0.412 e. The molecule has 2 aromatic carbocycles. The molecular weight excluding hydrogens is 396 g/mol. The smallest absolute Gasteiger partial charge is 0.412 e. The highest BCUT2D eigenvalue weighted by atomic mass is 35.5. The number of carbonyl (C=O) groups excluding carboxylic acids is 1. The number of amides is 1. The average Bonchev–Trinajstić information content (AvgIpc) is 2.61. The number of ether oxygens (including phenoxy) is 1. The van der Waals surface area contributed by atoms with Gasteiger partial charge in [-0.05, 0) is 38.5 Å². The highest BCUT2D eigenvalue weighted by Gasteiger charge is 2.17. The summed E-state index contributed by atoms with van der Waals surface area (Å²) in [4.78, 5) is 12.0. The van der Waals surface area contributed by atoms with Crippen LogP contribution in [0.25, 0.3) is 0 Å². The molecule has 1 amide bonds. The van der Waals surface area contributed by atoms with Crippen LogP contribution in [0.3, 0.4) is 0 Å². The van der Waals surface area contributed by atoms with Gasteiger partial charge >= 0.3 is 6.09 Å². The number of amidine groups is 1. The Morgan fingerprint density at radius 1 is 1.21 bits per heavy atom. The van der Waals surface area contributed by atoms with Gasteiger partial charge in [0.25, 0.3) is 0 Å². The van der Waals surface area contributed by atoms with Crippen LogP contribution < -0.4 is 11.1 Å². The summed E-state index contributed by atoms with van der Waals surface area (Å²) in [6.45, 7) is 5.37. The Hall–Kier alpha value is -2.51. The Bertz CT molecular complexity index is 864. The first-order chi connectivity index (χ1) is 13.2. The Balaban J connectivity index is 2.04. The van der Waals surface area contributed by atoms with E-state index in [1.165, 1.54) is 18.0 Å². The molecule has 3 N–H and O–H groups in total. The zero-order chi connectivity index (χ0) is 20.6. The van der Waals surface area contributed by atoms with Gasteiger partial charge in [-0.2, -0.15) is 5.10 Å². The molecule has 0 spiro atoms. The molecular formula is C20H23ClN4O2S. The summed E-state index contributed by atoms with van der Waals surface area (Å²) in [5, 5.41) is 11.4. The molecule has 0 unspecified atom stereocenters. The van der Waals surface area contributed by atoms with Crippen molar-refractivity contribution < 1.29 is 9.53 Å². The van der Waals surface area contributed by atoms with Gasteiger partial charge in [0.15, 0.2) is 5.17 Å². The van der Waals surface area contributed by atoms with Gasteiger partial charge in [0, 0.05) is 11.3 Å². The maximum absolute atomic E-state index is 12.0. The van der Waals surface area contributed by atoms with Crippen molar-refractivity contribution in [3.05, 3.63) is 64.7 Å². The van der Waals surface area contributed by atoms with Gasteiger partial charge in [-0.15, -0.1) is 5.10 Å². The van der Waals surface area contributed by atoms with Gasteiger partial charge in [0.1, 0.15) is 5.60 Å². The average molecular weight is 419 g/mol. The van der Waals surface area contributed by atoms with E-state index in [4.69, 9.17) is 22.1 Å². The Kier molecular flexibility index (Phi) is 7.90. The number of halogens is 1. The quantitative estimate of drug-likeness (QED) is 0.393. The summed E-state index contributed by atoms with van der Waals surface area (Å²) in [6.07, 6.45) is 0.871. The number of carbonyl (C=O) groups is 1. The van der Waals surface area contributed by atoms with Gasteiger partial charge in [0.2, 0.25) is 0 Å². The predicted molar refractivity (Wildman–Crippen MR) is 118 cm³/mol. The van der Waals surface area contributed by atoms with Crippen LogP contribution in [0.5, 0.6) is 0 Å². The van der Waals surface area contributed by atoms with Crippen molar-refractivity contribution in [2.75, 3.05) is 5.32 Å². The molecule has 0 atom stereocenters. The van der Waals surface area contributed by atoms with Crippen molar-refractivity contribution >= 4 is 46.5 Å². The van der Waals surface area contributed by atoms with E-state index in [0.717, 1.165) is 5.56 Å². The predicted octanol–water partition coefficient (Wildman–Crippen LogP) is 5.27. The number of hydrogen-bond acceptors (Lipinski definition) is 5. The summed E-state index contributed by atoms with van der Waals surface area (Å²) in [6, 6.07) is 15.1. The highest BCUT2D eigenvalue weighted by Crippen LogP contribution is 2.23. The van der Waals surface area contributed by atoms with Crippen LogP contribution in [0.2, 0.25) is 5.02 Å². The number of rotatable bonds is 5. The van der Waals surface area contributed by atoms with Crippen LogP contribution in [0, 0.1) is 0 Å². The number of anilines is 1. The summed E-state index contributed by atoms with van der Waals surface area (Å²) in [5.41, 5.74) is 7.41. The third-order valence-corrected chi connectivity index (χ3v) is 4.45. The van der Waals surface area contributed by atoms with Gasteiger partial charge in [0.05, 0.1) is 16.9 Å². The molecule has 0 aliphatic rings. The van der Waals surface area contributed by atoms with Crippen molar-refractivity contribution in [1.82, 2.24) is 0 Å². The molecule has 2 aromatic rings. The lowest BCUT2D eigenvalue weighted by Crippen LogP contribution is -2.27. The third-order valence-electron chi connectivity index (χ3n) is 3.26. The van der Waals surface area contributed by atoms with E-state index in [1.807, 2.05) is 30.3 Å². The molecule has 0 saturated carbocycles. The maximum atomic E-state index is 12.0. The van der Waals surface area contributed by atoms with Crippen molar-refractivity contribution in [1.29, 1.82) is 0 Å². The summed E-state index contributed by atoms with van der Waals surface area (Å²) in [7, 11) is 0. The van der Waals surface area contributed by atoms with Crippen LogP contribution in [0.4, 0.5) is 10.5 Å². The fourth-order valence-electron chi connectivity index (χ4n) is 2.09. The van der Waals surface area contributed by atoms with E-state index in [9.17, 15) is 4.79 Å². The zero-order valence-corrected chi connectivity index (χ0v) is 17.6. The molecule has 0 radical (unpaired) electrons. The summed E-state index contributed by atoms with van der Waals surface area (Å²) >= 11 is 7.62. The minimum Gasteiger partial charge on any atom is -0.444 e. The largest absolute Gasteiger partial charge is 0.444 e. The van der Waals surface area contributed by atoms with E-state index >= 15 is 0 Å². The minimum atomic E-state index is -0.606. The van der Waals surface area contributed by atoms with Crippen LogP contribution >= 0.6 is 23.4 Å². The molecule has 0 aliphatic carbocycles. The number of nitrogens with two attached hydrogens (primary N) is 1. The van der Waals surface area contributed by atoms with Gasteiger partial charge in [-0.3, -0.25) is 5.32 Å². The lowest BCUT2D eigenvalue weighted by atomic mass is 10.2. The van der Waals surface area contributed by atoms with Gasteiger partial charge in [-0.25, -0.2) is 4.79 Å². The van der Waals surface area contributed by atoms with Crippen molar-refractivity contribution in [3.8, 4) is 0 Å². The number of nitrogens with zero attached hydrogens (tertiary/aromatic N) is 2. The molecule has 0 aromatic heterocycles. The second kappa shape index (κ2) is 10.1. The van der Waals surface area contributed by atoms with Crippen LogP contribution in [0.15, 0.2) is 58.7 Å². The molecule has 148 valence electrons. The lowest BCUT2D eigenvalue weighted by Gasteiger charge is -2.20. The van der Waals surface area contributed by atoms with Gasteiger partial charge in [-0.1, -0.05) is 59.8 Å². The second-order valence-electron chi connectivity index (χ2n) is 6.79. The molecule has 0 aliphatic heterocycles. The molecule has 0 heterocycles. The second-order valence-corrected chi connectivity index (χ2v) is 8.19. The molecule has 0 saturated heterocycles. The third kappa shape index (κ3) is 7.62. The number of hydrogen-bond donors (Lipinski definition) is 2. The monoisotopic (exact) mass is 418 g/mol. The molecule has 6 nitrogen and oxygen atoms in total. The first kappa shape index (κ1) is 21.8. The van der Waals surface area contributed by atoms with Crippen LogP contribution in [-0.2, 0) is 10.5 Å². The molecule has 28 heavy (non-hydrogen) atoms. The summed E-state index contributed by atoms with van der Waals surface area (Å²) < 4.78 is 5.26. The number of benzene rings is 2. The highest BCUT2D eigenvalue weighted by molar-refractivity contribution is 8.13. The first-order valence-electron chi connectivity index (χ1n) is 8.56. The fourth-order valence-corrected chi connectivity index (χ4v) is 2.93. The SMILES string of the molecule is CC(C)(C)OC(=O)Nc1cccc(Cl)c1C=NN=C(N)SCc1ccccc1. The zero-order valence-electron chi connectivity index (χ0n) is 16.0. The van der Waals surface area contributed by atoms with Crippen LogP contribution in [-0.4, -0.2) is 23.1 Å². The van der Waals surface area contributed by atoms with Crippen LogP contribution in [0.1, 0.15) is 31.9 Å². The molecule has 0 fully saturated rings. The Labute approximate surface area is 174 Å². The van der Waals surface area contributed by atoms with E-state index in [0.29, 0.717) is 27.2 Å². The summed E-state index contributed by atoms with van der Waals surface area (Å²) in [5.74, 6) is 0.698. The van der Waals surface area contributed by atoms with E-state index in [2.05, 4.69) is 15.5 Å². The molecule has 8 heteroatoms. The minimum absolute atomic E-state index is 0.328. The first-order valence-corrected chi connectivity index (χ1v) is 9.93. The fraction of sp³-hybridized carbons (Fsp3) is 0.250. The van der Waals surface area contributed by atoms with Crippen molar-refractivity contribution in [3.63, 3.8) is 0 Å².